The fourth-order valence-corrected chi connectivity index (χ4v) is 3.01. The molecule has 0 spiro atoms. The maximum Gasteiger partial charge on any atom is 0.335 e. The number of carbonyl (C=O) groups is 2. The number of aromatic carboxylic acids is 1. The zero-order valence-electron chi connectivity index (χ0n) is 13.2. The molecule has 1 amide bonds. The number of carboxylic acid groups (broad SMARTS) is 1. The number of likely N-dealkylation sites (tertiary alicyclic amines) is 1. The number of benzene rings is 1. The average Bonchev–Trinajstić information content (AvgIpc) is 3.04. The summed E-state index contributed by atoms with van der Waals surface area (Å²) in [6.45, 7) is 1.42. The Bertz CT molecular complexity index is 741. The van der Waals surface area contributed by atoms with E-state index in [-0.39, 0.29) is 11.5 Å². The highest BCUT2D eigenvalue weighted by Crippen LogP contribution is 2.22. The van der Waals surface area contributed by atoms with Crippen molar-refractivity contribution in [3.8, 4) is 0 Å². The van der Waals surface area contributed by atoms with Crippen LogP contribution in [0.5, 0.6) is 0 Å². The van der Waals surface area contributed by atoms with E-state index in [1.54, 1.807) is 24.3 Å². The van der Waals surface area contributed by atoms with Crippen LogP contribution in [0.4, 0.5) is 5.82 Å². The highest BCUT2D eigenvalue weighted by atomic mass is 16.4. The molecule has 1 aromatic heterocycles. The molecule has 6 nitrogen and oxygen atoms in total. The van der Waals surface area contributed by atoms with Gasteiger partial charge in [0, 0.05) is 19.3 Å². The molecule has 1 atom stereocenters. The van der Waals surface area contributed by atoms with Crippen molar-refractivity contribution < 1.29 is 14.7 Å². The van der Waals surface area contributed by atoms with Gasteiger partial charge in [0.05, 0.1) is 11.1 Å². The monoisotopic (exact) mass is 325 g/mol. The second kappa shape index (κ2) is 6.70. The van der Waals surface area contributed by atoms with Gasteiger partial charge in [-0.15, -0.1) is 0 Å². The zero-order valence-corrected chi connectivity index (χ0v) is 13.2. The van der Waals surface area contributed by atoms with Gasteiger partial charge in [0.15, 0.2) is 0 Å². The third-order valence-corrected chi connectivity index (χ3v) is 4.33. The normalized spacial score (nSPS) is 17.0. The number of pyridine rings is 1. The highest BCUT2D eigenvalue weighted by Gasteiger charge is 2.27. The fraction of sp³-hybridized carbons (Fsp3) is 0.278. The first-order chi connectivity index (χ1) is 11.5. The number of hydrogen-bond donors (Lipinski definition) is 2. The lowest BCUT2D eigenvalue weighted by Gasteiger charge is -2.16. The number of carbonyl (C=O) groups excluding carboxylic acids is 1. The number of anilines is 1. The van der Waals surface area contributed by atoms with Crippen LogP contribution in [0, 0.1) is 5.92 Å². The van der Waals surface area contributed by atoms with Crippen LogP contribution in [-0.2, 0) is 6.42 Å². The van der Waals surface area contributed by atoms with Gasteiger partial charge >= 0.3 is 5.97 Å². The molecule has 0 radical (unpaired) electrons. The minimum Gasteiger partial charge on any atom is -0.478 e. The largest absolute Gasteiger partial charge is 0.478 e. The SMILES string of the molecule is Nc1ccc(C(=O)N2CC[C@H](Cc3ccc(C(=O)O)cc3)C2)cn1. The van der Waals surface area contributed by atoms with Crippen LogP contribution in [0.15, 0.2) is 42.6 Å². The Kier molecular flexibility index (Phi) is 4.46. The lowest BCUT2D eigenvalue weighted by molar-refractivity contribution is 0.0696. The smallest absolute Gasteiger partial charge is 0.335 e. The van der Waals surface area contributed by atoms with Crippen LogP contribution in [0.1, 0.15) is 32.7 Å². The van der Waals surface area contributed by atoms with E-state index in [2.05, 4.69) is 4.98 Å². The number of carboxylic acids is 1. The Morgan fingerprint density at radius 3 is 2.50 bits per heavy atom. The van der Waals surface area contributed by atoms with Gasteiger partial charge in [-0.25, -0.2) is 9.78 Å². The van der Waals surface area contributed by atoms with Crippen molar-refractivity contribution in [2.45, 2.75) is 12.8 Å². The van der Waals surface area contributed by atoms with Crippen LogP contribution < -0.4 is 5.73 Å². The topological polar surface area (TPSA) is 96.5 Å². The molecule has 24 heavy (non-hydrogen) atoms. The second-order valence-electron chi connectivity index (χ2n) is 6.08. The molecule has 1 saturated heterocycles. The summed E-state index contributed by atoms with van der Waals surface area (Å²) in [6.07, 6.45) is 3.29. The van der Waals surface area contributed by atoms with Crippen LogP contribution in [0.25, 0.3) is 0 Å². The summed E-state index contributed by atoms with van der Waals surface area (Å²) in [5.74, 6) is -0.162. The van der Waals surface area contributed by atoms with E-state index in [1.165, 1.54) is 6.20 Å². The van der Waals surface area contributed by atoms with Crippen molar-refractivity contribution >= 4 is 17.7 Å². The summed E-state index contributed by atoms with van der Waals surface area (Å²) in [6, 6.07) is 10.3. The summed E-state index contributed by atoms with van der Waals surface area (Å²) in [5, 5.41) is 8.92. The van der Waals surface area contributed by atoms with E-state index in [4.69, 9.17) is 10.8 Å². The van der Waals surface area contributed by atoms with E-state index in [0.717, 1.165) is 24.9 Å². The number of aromatic nitrogens is 1. The maximum atomic E-state index is 12.5. The third-order valence-electron chi connectivity index (χ3n) is 4.33. The van der Waals surface area contributed by atoms with E-state index in [9.17, 15) is 9.59 Å². The lowest BCUT2D eigenvalue weighted by atomic mass is 9.98. The first-order valence-corrected chi connectivity index (χ1v) is 7.86. The summed E-state index contributed by atoms with van der Waals surface area (Å²) in [4.78, 5) is 29.1. The lowest BCUT2D eigenvalue weighted by Crippen LogP contribution is -2.29. The summed E-state index contributed by atoms with van der Waals surface area (Å²) < 4.78 is 0. The second-order valence-corrected chi connectivity index (χ2v) is 6.08. The van der Waals surface area contributed by atoms with Gasteiger partial charge in [-0.1, -0.05) is 12.1 Å². The number of rotatable bonds is 4. The van der Waals surface area contributed by atoms with Crippen molar-refractivity contribution in [2.24, 2.45) is 5.92 Å². The Balaban J connectivity index is 1.59. The molecule has 3 N–H and O–H groups in total. The Labute approximate surface area is 139 Å². The number of nitrogen functional groups attached to an aromatic ring is 1. The predicted octanol–water partition coefficient (Wildman–Crippen LogP) is 2.07. The number of nitrogens with zero attached hydrogens (tertiary/aromatic N) is 2. The molecule has 1 fully saturated rings. The van der Waals surface area contributed by atoms with E-state index >= 15 is 0 Å². The van der Waals surface area contributed by atoms with Crippen molar-refractivity contribution in [1.29, 1.82) is 0 Å². The van der Waals surface area contributed by atoms with Gasteiger partial charge in [-0.2, -0.15) is 0 Å². The average molecular weight is 325 g/mol. The van der Waals surface area contributed by atoms with Gasteiger partial charge in [0.25, 0.3) is 5.91 Å². The molecular formula is C18H19N3O3. The molecule has 3 rings (SSSR count). The molecule has 0 bridgehead atoms. The predicted molar refractivity (Wildman–Crippen MR) is 89.8 cm³/mol. The highest BCUT2D eigenvalue weighted by molar-refractivity contribution is 5.94. The quantitative estimate of drug-likeness (QED) is 0.897. The minimum atomic E-state index is -0.920. The van der Waals surface area contributed by atoms with E-state index < -0.39 is 5.97 Å². The molecule has 124 valence electrons. The van der Waals surface area contributed by atoms with Crippen molar-refractivity contribution in [2.75, 3.05) is 18.8 Å². The van der Waals surface area contributed by atoms with Gasteiger partial charge in [0.1, 0.15) is 5.82 Å². The van der Waals surface area contributed by atoms with Crippen molar-refractivity contribution in [1.82, 2.24) is 9.88 Å². The van der Waals surface area contributed by atoms with E-state index in [1.807, 2.05) is 17.0 Å². The minimum absolute atomic E-state index is 0.0220. The Morgan fingerprint density at radius 2 is 1.88 bits per heavy atom. The number of nitrogens with two attached hydrogens (primary N) is 1. The molecule has 2 aromatic rings. The standard InChI is InChI=1S/C18H19N3O3/c19-16-6-5-15(10-20-16)17(22)21-8-7-13(11-21)9-12-1-3-14(4-2-12)18(23)24/h1-6,10,13H,7-9,11H2,(H2,19,20)(H,23,24)/t13-/m1/s1. The third kappa shape index (κ3) is 3.53. The fourth-order valence-electron chi connectivity index (χ4n) is 3.01. The van der Waals surface area contributed by atoms with E-state index in [0.29, 0.717) is 23.8 Å². The summed E-state index contributed by atoms with van der Waals surface area (Å²) >= 11 is 0. The summed E-state index contributed by atoms with van der Waals surface area (Å²) in [5.41, 5.74) is 7.48. The molecule has 1 aliphatic rings. The Hall–Kier alpha value is -2.89. The molecule has 1 aromatic carbocycles. The summed E-state index contributed by atoms with van der Waals surface area (Å²) in [7, 11) is 0. The molecular weight excluding hydrogens is 306 g/mol. The molecule has 0 aliphatic carbocycles. The van der Waals surface area contributed by atoms with Crippen LogP contribution in [-0.4, -0.2) is 40.0 Å². The number of hydrogen-bond acceptors (Lipinski definition) is 4. The Morgan fingerprint density at radius 1 is 1.17 bits per heavy atom. The first kappa shape index (κ1) is 16.0. The van der Waals surface area contributed by atoms with Gasteiger partial charge in [-0.3, -0.25) is 4.79 Å². The van der Waals surface area contributed by atoms with Crippen molar-refractivity contribution in [3.05, 3.63) is 59.3 Å². The van der Waals surface area contributed by atoms with Gasteiger partial charge < -0.3 is 15.7 Å². The van der Waals surface area contributed by atoms with Crippen LogP contribution in [0.2, 0.25) is 0 Å². The van der Waals surface area contributed by atoms with Crippen molar-refractivity contribution in [3.63, 3.8) is 0 Å². The first-order valence-electron chi connectivity index (χ1n) is 7.86. The molecule has 2 heterocycles. The van der Waals surface area contributed by atoms with Crippen LogP contribution >= 0.6 is 0 Å². The van der Waals surface area contributed by atoms with Gasteiger partial charge in [0.2, 0.25) is 0 Å². The maximum absolute atomic E-state index is 12.5. The number of amides is 1. The molecule has 6 heteroatoms. The molecule has 0 unspecified atom stereocenters. The van der Waals surface area contributed by atoms with Gasteiger partial charge in [-0.05, 0) is 48.6 Å². The zero-order chi connectivity index (χ0) is 17.1. The molecule has 1 aliphatic heterocycles. The van der Waals surface area contributed by atoms with Crippen LogP contribution in [0.3, 0.4) is 0 Å². The molecule has 0 saturated carbocycles.